The summed E-state index contributed by atoms with van der Waals surface area (Å²) < 4.78 is 0. The molecule has 0 spiro atoms. The summed E-state index contributed by atoms with van der Waals surface area (Å²) in [6, 6.07) is 0.0382. The SMILES string of the molecule is CCCCN(C(=O)NC(=O)CCl)C1CC1. The van der Waals surface area contributed by atoms with Crippen molar-refractivity contribution in [3.05, 3.63) is 0 Å². The maximum atomic E-state index is 11.6. The predicted molar refractivity (Wildman–Crippen MR) is 58.9 cm³/mol. The van der Waals surface area contributed by atoms with Crippen molar-refractivity contribution in [3.63, 3.8) is 0 Å². The molecule has 5 heteroatoms. The molecule has 0 heterocycles. The van der Waals surface area contributed by atoms with Crippen molar-refractivity contribution in [1.29, 1.82) is 0 Å². The lowest BCUT2D eigenvalue weighted by atomic mass is 10.3. The highest BCUT2D eigenvalue weighted by Crippen LogP contribution is 2.27. The normalized spacial score (nSPS) is 14.8. The Morgan fingerprint density at radius 3 is 2.60 bits per heavy atom. The molecule has 0 saturated heterocycles. The third-order valence-corrected chi connectivity index (χ3v) is 2.61. The highest BCUT2D eigenvalue weighted by Gasteiger charge is 2.32. The molecular formula is C10H17ClN2O2. The van der Waals surface area contributed by atoms with E-state index in [1.165, 1.54) is 0 Å². The number of rotatable bonds is 5. The molecule has 0 radical (unpaired) electrons. The van der Waals surface area contributed by atoms with Crippen LogP contribution in [0.4, 0.5) is 4.79 Å². The van der Waals surface area contributed by atoms with Crippen LogP contribution in [-0.2, 0) is 4.79 Å². The maximum Gasteiger partial charge on any atom is 0.324 e. The molecule has 1 saturated carbocycles. The Balaban J connectivity index is 2.40. The van der Waals surface area contributed by atoms with Crippen molar-refractivity contribution in [2.75, 3.05) is 12.4 Å². The van der Waals surface area contributed by atoms with Gasteiger partial charge in [0, 0.05) is 12.6 Å². The summed E-state index contributed by atoms with van der Waals surface area (Å²) in [7, 11) is 0. The van der Waals surface area contributed by atoms with E-state index in [9.17, 15) is 9.59 Å². The Hall–Kier alpha value is -0.770. The predicted octanol–water partition coefficient (Wildman–Crippen LogP) is 1.73. The fourth-order valence-corrected chi connectivity index (χ4v) is 1.46. The van der Waals surface area contributed by atoms with Crippen LogP contribution in [0.5, 0.6) is 0 Å². The monoisotopic (exact) mass is 232 g/mol. The molecule has 1 N–H and O–H groups in total. The molecule has 0 aromatic heterocycles. The van der Waals surface area contributed by atoms with Gasteiger partial charge in [0.15, 0.2) is 0 Å². The van der Waals surface area contributed by atoms with E-state index in [1.807, 2.05) is 0 Å². The summed E-state index contributed by atoms with van der Waals surface area (Å²) in [6.07, 6.45) is 4.11. The molecule has 1 aliphatic carbocycles. The molecule has 1 rings (SSSR count). The van der Waals surface area contributed by atoms with E-state index in [-0.39, 0.29) is 11.9 Å². The van der Waals surface area contributed by atoms with Gasteiger partial charge < -0.3 is 4.90 Å². The minimum atomic E-state index is -0.427. The van der Waals surface area contributed by atoms with Crippen molar-refractivity contribution >= 4 is 23.5 Å². The van der Waals surface area contributed by atoms with Gasteiger partial charge >= 0.3 is 6.03 Å². The first-order valence-electron chi connectivity index (χ1n) is 5.35. The molecular weight excluding hydrogens is 216 g/mol. The number of carbonyl (C=O) groups excluding carboxylic acids is 2. The molecule has 1 fully saturated rings. The van der Waals surface area contributed by atoms with Crippen LogP contribution in [0.3, 0.4) is 0 Å². The van der Waals surface area contributed by atoms with E-state index in [1.54, 1.807) is 4.90 Å². The Labute approximate surface area is 95.0 Å². The number of hydrogen-bond donors (Lipinski definition) is 1. The number of carbonyl (C=O) groups is 2. The van der Waals surface area contributed by atoms with Gasteiger partial charge in [-0.2, -0.15) is 0 Å². The second-order valence-electron chi connectivity index (χ2n) is 3.77. The highest BCUT2D eigenvalue weighted by atomic mass is 35.5. The van der Waals surface area contributed by atoms with Crippen LogP contribution in [0.2, 0.25) is 0 Å². The summed E-state index contributed by atoms with van der Waals surface area (Å²) in [5.74, 6) is -0.596. The van der Waals surface area contributed by atoms with E-state index in [2.05, 4.69) is 12.2 Å². The lowest BCUT2D eigenvalue weighted by Gasteiger charge is -2.21. The largest absolute Gasteiger partial charge is 0.324 e. The number of unbranched alkanes of at least 4 members (excludes halogenated alkanes) is 1. The fraction of sp³-hybridized carbons (Fsp3) is 0.800. The maximum absolute atomic E-state index is 11.6. The van der Waals surface area contributed by atoms with Crippen molar-refractivity contribution in [3.8, 4) is 0 Å². The van der Waals surface area contributed by atoms with Gasteiger partial charge in [0.05, 0.1) is 0 Å². The van der Waals surface area contributed by atoms with E-state index >= 15 is 0 Å². The van der Waals surface area contributed by atoms with Crippen LogP contribution in [0, 0.1) is 0 Å². The molecule has 1 aliphatic rings. The number of nitrogens with one attached hydrogen (secondary N) is 1. The lowest BCUT2D eigenvalue weighted by Crippen LogP contribution is -2.44. The summed E-state index contributed by atoms with van der Waals surface area (Å²) >= 11 is 5.32. The van der Waals surface area contributed by atoms with Crippen LogP contribution in [0.15, 0.2) is 0 Å². The number of halogens is 1. The second kappa shape index (κ2) is 5.95. The van der Waals surface area contributed by atoms with Gasteiger partial charge in [0.2, 0.25) is 5.91 Å². The Morgan fingerprint density at radius 1 is 1.47 bits per heavy atom. The molecule has 0 unspecified atom stereocenters. The standard InChI is InChI=1S/C10H17ClN2O2/c1-2-3-6-13(8-4-5-8)10(15)12-9(14)7-11/h8H,2-7H2,1H3,(H,12,14,15). The fourth-order valence-electron chi connectivity index (χ4n) is 1.39. The van der Waals surface area contributed by atoms with Gasteiger partial charge in [-0.1, -0.05) is 13.3 Å². The molecule has 3 amide bonds. The van der Waals surface area contributed by atoms with Gasteiger partial charge in [-0.3, -0.25) is 10.1 Å². The van der Waals surface area contributed by atoms with E-state index in [4.69, 9.17) is 11.6 Å². The van der Waals surface area contributed by atoms with Crippen LogP contribution in [0.1, 0.15) is 32.6 Å². The van der Waals surface area contributed by atoms with Crippen molar-refractivity contribution in [1.82, 2.24) is 10.2 Å². The number of hydrogen-bond acceptors (Lipinski definition) is 2. The minimum Gasteiger partial charge on any atom is -0.321 e. The highest BCUT2D eigenvalue weighted by molar-refractivity contribution is 6.28. The van der Waals surface area contributed by atoms with Crippen LogP contribution < -0.4 is 5.32 Å². The first-order valence-corrected chi connectivity index (χ1v) is 5.89. The number of nitrogens with zero attached hydrogens (tertiary/aromatic N) is 1. The van der Waals surface area contributed by atoms with Crippen molar-refractivity contribution in [2.24, 2.45) is 0 Å². The molecule has 4 nitrogen and oxygen atoms in total. The number of urea groups is 1. The van der Waals surface area contributed by atoms with Crippen molar-refractivity contribution < 1.29 is 9.59 Å². The van der Waals surface area contributed by atoms with Gasteiger partial charge in [0.25, 0.3) is 0 Å². The second-order valence-corrected chi connectivity index (χ2v) is 4.03. The first-order chi connectivity index (χ1) is 7.19. The zero-order valence-corrected chi connectivity index (χ0v) is 9.72. The zero-order valence-electron chi connectivity index (χ0n) is 8.96. The number of amides is 3. The van der Waals surface area contributed by atoms with E-state index < -0.39 is 5.91 Å². The van der Waals surface area contributed by atoms with Gasteiger partial charge in [-0.05, 0) is 19.3 Å². The summed E-state index contributed by atoms with van der Waals surface area (Å²) in [4.78, 5) is 24.3. The molecule has 0 aliphatic heterocycles. The summed E-state index contributed by atoms with van der Waals surface area (Å²) in [5.41, 5.74) is 0. The third-order valence-electron chi connectivity index (χ3n) is 2.37. The Bertz CT molecular complexity index is 242. The molecule has 15 heavy (non-hydrogen) atoms. The van der Waals surface area contributed by atoms with Crippen LogP contribution >= 0.6 is 11.6 Å². The quantitative estimate of drug-likeness (QED) is 0.734. The smallest absolute Gasteiger partial charge is 0.321 e. The topological polar surface area (TPSA) is 49.4 Å². The average Bonchev–Trinajstić information content (AvgIpc) is 3.02. The zero-order chi connectivity index (χ0) is 11.3. The minimum absolute atomic E-state index is 0.169. The van der Waals surface area contributed by atoms with Crippen LogP contribution in [0.25, 0.3) is 0 Å². The van der Waals surface area contributed by atoms with Gasteiger partial charge in [-0.25, -0.2) is 4.79 Å². The summed E-state index contributed by atoms with van der Waals surface area (Å²) in [6.45, 7) is 2.80. The van der Waals surface area contributed by atoms with E-state index in [0.717, 1.165) is 32.2 Å². The Morgan fingerprint density at radius 2 is 2.13 bits per heavy atom. The van der Waals surface area contributed by atoms with Crippen molar-refractivity contribution in [2.45, 2.75) is 38.6 Å². The van der Waals surface area contributed by atoms with Gasteiger partial charge in [0.1, 0.15) is 5.88 Å². The third kappa shape index (κ3) is 4.08. The molecule has 0 atom stereocenters. The molecule has 0 bridgehead atoms. The molecule has 0 aromatic rings. The Kier molecular flexibility index (Phi) is 4.88. The number of imide groups is 1. The average molecular weight is 233 g/mol. The molecule has 0 aromatic carbocycles. The van der Waals surface area contributed by atoms with Crippen LogP contribution in [-0.4, -0.2) is 35.3 Å². The van der Waals surface area contributed by atoms with E-state index in [0.29, 0.717) is 6.04 Å². The first kappa shape index (κ1) is 12.3. The number of alkyl halides is 1. The lowest BCUT2D eigenvalue weighted by molar-refractivity contribution is -0.117. The van der Waals surface area contributed by atoms with Gasteiger partial charge in [-0.15, -0.1) is 11.6 Å². The molecule has 86 valence electrons. The summed E-state index contributed by atoms with van der Waals surface area (Å²) in [5, 5.41) is 2.28.